The van der Waals surface area contributed by atoms with Gasteiger partial charge in [0, 0.05) is 6.42 Å². The normalized spacial score (nSPS) is 18.5. The summed E-state index contributed by atoms with van der Waals surface area (Å²) in [6, 6.07) is 3.47. The van der Waals surface area contributed by atoms with Gasteiger partial charge in [-0.15, -0.1) is 0 Å². The van der Waals surface area contributed by atoms with Crippen molar-refractivity contribution in [3.05, 3.63) is 29.3 Å². The number of phenolic OH excluding ortho intramolecular Hbond substituents is 1. The molecule has 0 saturated heterocycles. The number of aromatic hydroxyl groups is 1. The molecule has 88 valence electrons. The average molecular weight is 232 g/mol. The van der Waals surface area contributed by atoms with E-state index in [-0.39, 0.29) is 12.0 Å². The van der Waals surface area contributed by atoms with Crippen molar-refractivity contribution in [1.29, 1.82) is 0 Å². The van der Waals surface area contributed by atoms with Crippen LogP contribution >= 0.6 is 0 Å². The largest absolute Gasteiger partial charge is 0.507 e. The van der Waals surface area contributed by atoms with Crippen LogP contribution in [0.15, 0.2) is 18.2 Å². The summed E-state index contributed by atoms with van der Waals surface area (Å²) in [4.78, 5) is 0. The van der Waals surface area contributed by atoms with Gasteiger partial charge >= 0.3 is 6.18 Å². The lowest BCUT2D eigenvalue weighted by Gasteiger charge is -2.14. The molecule has 0 atom stereocenters. The predicted octanol–water partition coefficient (Wildman–Crippen LogP) is 2.48. The second-order valence-corrected chi connectivity index (χ2v) is 4.21. The molecular weight excluding hydrogens is 221 g/mol. The van der Waals surface area contributed by atoms with Gasteiger partial charge in [-0.3, -0.25) is 0 Å². The van der Waals surface area contributed by atoms with Crippen LogP contribution in [0.4, 0.5) is 13.2 Å². The molecule has 1 aliphatic carbocycles. The van der Waals surface area contributed by atoms with Gasteiger partial charge in [0.2, 0.25) is 0 Å². The van der Waals surface area contributed by atoms with Crippen molar-refractivity contribution in [2.24, 2.45) is 0 Å². The molecule has 2 nitrogen and oxygen atoms in total. The third-order valence-electron chi connectivity index (χ3n) is 2.77. The maximum absolute atomic E-state index is 12.5. The molecule has 1 saturated carbocycles. The molecule has 2 N–H and O–H groups in total. The highest BCUT2D eigenvalue weighted by molar-refractivity contribution is 5.43. The lowest BCUT2D eigenvalue weighted by Crippen LogP contribution is -2.13. The Bertz CT molecular complexity index is 408. The van der Waals surface area contributed by atoms with Crippen LogP contribution in [0.25, 0.3) is 0 Å². The molecule has 2 rings (SSSR count). The maximum atomic E-state index is 12.5. The fourth-order valence-electron chi connectivity index (χ4n) is 1.64. The van der Waals surface area contributed by atoms with Crippen LogP contribution in [0.2, 0.25) is 0 Å². The molecule has 0 radical (unpaired) electrons. The summed E-state index contributed by atoms with van der Waals surface area (Å²) in [7, 11) is 0. The van der Waals surface area contributed by atoms with E-state index in [1.165, 1.54) is 12.1 Å². The Morgan fingerprint density at radius 1 is 1.25 bits per heavy atom. The third kappa shape index (κ3) is 2.14. The Morgan fingerprint density at radius 3 is 2.38 bits per heavy atom. The minimum Gasteiger partial charge on any atom is -0.507 e. The zero-order valence-corrected chi connectivity index (χ0v) is 8.38. The van der Waals surface area contributed by atoms with Gasteiger partial charge in [-0.25, -0.2) is 0 Å². The van der Waals surface area contributed by atoms with Gasteiger partial charge in [-0.1, -0.05) is 12.1 Å². The molecule has 0 heterocycles. The predicted molar refractivity (Wildman–Crippen MR) is 51.0 cm³/mol. The molecular formula is C11H11F3O2. The molecule has 16 heavy (non-hydrogen) atoms. The van der Waals surface area contributed by atoms with Gasteiger partial charge in [-0.05, 0) is 24.5 Å². The number of phenols is 1. The molecule has 0 bridgehead atoms. The standard InChI is InChI=1S/C11H11F3O2/c12-11(13,14)8-3-1-2-7(9(8)15)6-10(16)4-5-10/h1-3,15-16H,4-6H2. The van der Waals surface area contributed by atoms with Crippen LogP contribution in [0.3, 0.4) is 0 Å². The quantitative estimate of drug-likeness (QED) is 0.822. The highest BCUT2D eigenvalue weighted by Crippen LogP contribution is 2.43. The summed E-state index contributed by atoms with van der Waals surface area (Å²) in [6.07, 6.45) is -3.35. The second-order valence-electron chi connectivity index (χ2n) is 4.21. The Morgan fingerprint density at radius 2 is 1.88 bits per heavy atom. The maximum Gasteiger partial charge on any atom is 0.419 e. The number of hydrogen-bond acceptors (Lipinski definition) is 2. The van der Waals surface area contributed by atoms with E-state index >= 15 is 0 Å². The lowest BCUT2D eigenvalue weighted by atomic mass is 10.0. The van der Waals surface area contributed by atoms with Gasteiger partial charge < -0.3 is 10.2 Å². The summed E-state index contributed by atoms with van der Waals surface area (Å²) in [5.74, 6) is -0.768. The number of rotatable bonds is 2. The van der Waals surface area contributed by atoms with Gasteiger partial charge in [0.1, 0.15) is 5.75 Å². The van der Waals surface area contributed by atoms with Crippen molar-refractivity contribution in [2.75, 3.05) is 0 Å². The number of aliphatic hydroxyl groups is 1. The molecule has 0 aliphatic heterocycles. The molecule has 0 unspecified atom stereocenters. The van der Waals surface area contributed by atoms with E-state index in [2.05, 4.69) is 0 Å². The molecule has 5 heteroatoms. The zero-order chi connectivity index (χ0) is 12.0. The molecule has 0 spiro atoms. The Hall–Kier alpha value is -1.23. The second kappa shape index (κ2) is 3.38. The van der Waals surface area contributed by atoms with E-state index in [0.29, 0.717) is 12.8 Å². The van der Waals surface area contributed by atoms with Crippen molar-refractivity contribution >= 4 is 0 Å². The van der Waals surface area contributed by atoms with Crippen LogP contribution < -0.4 is 0 Å². The number of benzene rings is 1. The first kappa shape index (κ1) is 11.3. The summed E-state index contributed by atoms with van der Waals surface area (Å²) < 4.78 is 37.4. The molecule has 0 aromatic heterocycles. The van der Waals surface area contributed by atoms with E-state index in [0.717, 1.165) is 6.07 Å². The van der Waals surface area contributed by atoms with Crippen molar-refractivity contribution in [3.63, 3.8) is 0 Å². The smallest absolute Gasteiger partial charge is 0.419 e. The van der Waals surface area contributed by atoms with Crippen LogP contribution in [-0.2, 0) is 12.6 Å². The summed E-state index contributed by atoms with van der Waals surface area (Å²) >= 11 is 0. The minimum absolute atomic E-state index is 0.0722. The first-order chi connectivity index (χ1) is 7.32. The van der Waals surface area contributed by atoms with Crippen LogP contribution in [0.1, 0.15) is 24.0 Å². The number of alkyl halides is 3. The Balaban J connectivity index is 2.33. The van der Waals surface area contributed by atoms with E-state index in [4.69, 9.17) is 0 Å². The molecule has 1 fully saturated rings. The molecule has 1 aliphatic rings. The number of halogens is 3. The van der Waals surface area contributed by atoms with Crippen LogP contribution in [-0.4, -0.2) is 15.8 Å². The van der Waals surface area contributed by atoms with Gasteiger partial charge in [0.15, 0.2) is 0 Å². The molecule has 0 amide bonds. The van der Waals surface area contributed by atoms with Crippen molar-refractivity contribution in [1.82, 2.24) is 0 Å². The van der Waals surface area contributed by atoms with Gasteiger partial charge in [0.05, 0.1) is 11.2 Å². The number of para-hydroxylation sites is 1. The van der Waals surface area contributed by atoms with E-state index in [1.807, 2.05) is 0 Å². The van der Waals surface area contributed by atoms with E-state index in [9.17, 15) is 23.4 Å². The van der Waals surface area contributed by atoms with Crippen molar-refractivity contribution in [3.8, 4) is 5.75 Å². The Kier molecular flexibility index (Phi) is 2.38. The van der Waals surface area contributed by atoms with E-state index in [1.54, 1.807) is 0 Å². The van der Waals surface area contributed by atoms with Crippen LogP contribution in [0.5, 0.6) is 5.75 Å². The topological polar surface area (TPSA) is 40.5 Å². The average Bonchev–Trinajstić information content (AvgIpc) is 2.86. The van der Waals surface area contributed by atoms with Gasteiger partial charge in [-0.2, -0.15) is 13.2 Å². The minimum atomic E-state index is -4.56. The summed E-state index contributed by atoms with van der Waals surface area (Å²) in [6.45, 7) is 0. The summed E-state index contributed by atoms with van der Waals surface area (Å²) in [5.41, 5.74) is -1.81. The monoisotopic (exact) mass is 232 g/mol. The van der Waals surface area contributed by atoms with Crippen molar-refractivity contribution in [2.45, 2.75) is 31.0 Å². The highest BCUT2D eigenvalue weighted by Gasteiger charge is 2.42. The fourth-order valence-corrected chi connectivity index (χ4v) is 1.64. The van der Waals surface area contributed by atoms with Gasteiger partial charge in [0.25, 0.3) is 0 Å². The first-order valence-corrected chi connectivity index (χ1v) is 4.92. The SMILES string of the molecule is Oc1c(CC2(O)CC2)cccc1C(F)(F)F. The van der Waals surface area contributed by atoms with Crippen molar-refractivity contribution < 1.29 is 23.4 Å². The van der Waals surface area contributed by atoms with E-state index < -0.39 is 23.1 Å². The highest BCUT2D eigenvalue weighted by atomic mass is 19.4. The zero-order valence-electron chi connectivity index (χ0n) is 8.38. The molecule has 1 aromatic rings. The van der Waals surface area contributed by atoms with Crippen LogP contribution in [0, 0.1) is 0 Å². The summed E-state index contributed by atoms with van der Waals surface area (Å²) in [5, 5.41) is 19.1. The lowest BCUT2D eigenvalue weighted by molar-refractivity contribution is -0.138. The fraction of sp³-hybridized carbons (Fsp3) is 0.455. The Labute approximate surface area is 90.3 Å². The number of hydrogen-bond donors (Lipinski definition) is 2. The third-order valence-corrected chi connectivity index (χ3v) is 2.77. The first-order valence-electron chi connectivity index (χ1n) is 4.92. The molecule has 1 aromatic carbocycles.